The number of esters is 2. The van der Waals surface area contributed by atoms with E-state index in [2.05, 4.69) is 27.1 Å². The lowest BCUT2D eigenvalue weighted by atomic mass is 9.93. The Labute approximate surface area is 235 Å². The van der Waals surface area contributed by atoms with Gasteiger partial charge in [0, 0.05) is 46.1 Å². The summed E-state index contributed by atoms with van der Waals surface area (Å²) in [5.41, 5.74) is 4.17. The predicted molar refractivity (Wildman–Crippen MR) is 155 cm³/mol. The summed E-state index contributed by atoms with van der Waals surface area (Å²) in [7, 11) is 1.87. The molecule has 2 aromatic heterocycles. The van der Waals surface area contributed by atoms with Crippen LogP contribution in [0.2, 0.25) is 0 Å². The fourth-order valence-corrected chi connectivity index (χ4v) is 7.03. The molecule has 2 aliphatic heterocycles. The van der Waals surface area contributed by atoms with Gasteiger partial charge in [-0.15, -0.1) is 0 Å². The fraction of sp³-hybridized carbons (Fsp3) is 0.281. The second-order valence-corrected chi connectivity index (χ2v) is 10.7. The van der Waals surface area contributed by atoms with Crippen molar-refractivity contribution in [2.24, 2.45) is 5.92 Å². The van der Waals surface area contributed by atoms with E-state index in [1.54, 1.807) is 0 Å². The van der Waals surface area contributed by atoms with E-state index >= 15 is 0 Å². The van der Waals surface area contributed by atoms with Crippen LogP contribution in [0.3, 0.4) is 0 Å². The average Bonchev–Trinajstić information content (AvgIpc) is 3.60. The number of aromatic nitrogens is 2. The van der Waals surface area contributed by atoms with Crippen molar-refractivity contribution in [3.63, 3.8) is 0 Å². The van der Waals surface area contributed by atoms with Crippen molar-refractivity contribution in [2.75, 3.05) is 20.3 Å². The number of para-hydroxylation sites is 2. The molecule has 3 aromatic carbocycles. The molecule has 1 N–H and O–H groups in total. The quantitative estimate of drug-likeness (QED) is 0.126. The van der Waals surface area contributed by atoms with Crippen LogP contribution in [0.5, 0.6) is 0 Å². The molecule has 1 saturated heterocycles. The number of rotatable bonds is 8. The fourth-order valence-electron chi connectivity index (χ4n) is 7.03. The topological polar surface area (TPSA) is 101 Å². The number of nitrogens with one attached hydrogen (secondary N) is 1. The second kappa shape index (κ2) is 9.29. The molecule has 2 bridgehead atoms. The smallest absolute Gasteiger partial charge is 0.330 e. The lowest BCUT2D eigenvalue weighted by Crippen LogP contribution is -2.40. The van der Waals surface area contributed by atoms with Crippen molar-refractivity contribution in [1.82, 2.24) is 14.5 Å². The maximum Gasteiger partial charge on any atom is 0.330 e. The third kappa shape index (κ3) is 3.39. The molecule has 0 radical (unpaired) electrons. The van der Waals surface area contributed by atoms with E-state index in [9.17, 15) is 14.4 Å². The van der Waals surface area contributed by atoms with Gasteiger partial charge in [0.2, 0.25) is 0 Å². The summed E-state index contributed by atoms with van der Waals surface area (Å²) < 4.78 is 21.8. The zero-order valence-corrected chi connectivity index (χ0v) is 22.8. The Kier molecular flexibility index (Phi) is 5.78. The van der Waals surface area contributed by atoms with Gasteiger partial charge in [0.25, 0.3) is 0 Å². The van der Waals surface area contributed by atoms with Crippen LogP contribution in [-0.2, 0) is 36.1 Å². The third-order valence-corrected chi connectivity index (χ3v) is 8.59. The standard InChI is InChI=1S/C32H29N3O6/c1-4-26(37)39-13-14-40-31(38)22-15-25-34-23-11-7-5-9-18(23)28-21(17-36)20(16-33-3)27-19-10-6-8-12-24(19)35(30(27)29(28)34)32(22,2)41-25/h4-12,17,22,25,33H,1,13-16H2,2-3H3. The Morgan fingerprint density at radius 3 is 2.44 bits per heavy atom. The van der Waals surface area contributed by atoms with Crippen molar-refractivity contribution in [3.05, 3.63) is 72.3 Å². The van der Waals surface area contributed by atoms with E-state index < -0.39 is 29.8 Å². The summed E-state index contributed by atoms with van der Waals surface area (Å²) >= 11 is 0. The molecule has 3 atom stereocenters. The predicted octanol–water partition coefficient (Wildman–Crippen LogP) is 4.93. The maximum absolute atomic E-state index is 13.7. The van der Waals surface area contributed by atoms with Crippen molar-refractivity contribution < 1.29 is 28.6 Å². The summed E-state index contributed by atoms with van der Waals surface area (Å²) in [4.78, 5) is 37.9. The summed E-state index contributed by atoms with van der Waals surface area (Å²) in [5.74, 6) is -1.64. The zero-order valence-electron chi connectivity index (χ0n) is 22.8. The number of hydrogen-bond donors (Lipinski definition) is 1. The summed E-state index contributed by atoms with van der Waals surface area (Å²) in [6, 6.07) is 16.1. The molecule has 0 spiro atoms. The van der Waals surface area contributed by atoms with E-state index in [1.807, 2.05) is 56.4 Å². The molecule has 9 nitrogen and oxygen atoms in total. The number of nitrogens with zero attached hydrogens (tertiary/aromatic N) is 2. The molecule has 0 amide bonds. The Morgan fingerprint density at radius 2 is 1.73 bits per heavy atom. The van der Waals surface area contributed by atoms with Crippen LogP contribution in [0.4, 0.5) is 0 Å². The number of ether oxygens (including phenoxy) is 3. The van der Waals surface area contributed by atoms with E-state index in [1.165, 1.54) is 0 Å². The van der Waals surface area contributed by atoms with Gasteiger partial charge >= 0.3 is 11.9 Å². The van der Waals surface area contributed by atoms with Crippen LogP contribution in [-0.4, -0.2) is 47.6 Å². The van der Waals surface area contributed by atoms with Crippen LogP contribution in [0.15, 0.2) is 61.2 Å². The molecule has 0 aliphatic carbocycles. The number of benzene rings is 3. The van der Waals surface area contributed by atoms with Crippen molar-refractivity contribution >= 4 is 61.8 Å². The lowest BCUT2D eigenvalue weighted by Gasteiger charge is -2.32. The van der Waals surface area contributed by atoms with Crippen LogP contribution in [0.25, 0.3) is 43.6 Å². The molecular weight excluding hydrogens is 522 g/mol. The van der Waals surface area contributed by atoms with Gasteiger partial charge in [0.1, 0.15) is 25.4 Å². The van der Waals surface area contributed by atoms with E-state index in [0.29, 0.717) is 18.5 Å². The highest BCUT2D eigenvalue weighted by molar-refractivity contribution is 6.28. The van der Waals surface area contributed by atoms with Crippen molar-refractivity contribution in [1.29, 1.82) is 0 Å². The second-order valence-electron chi connectivity index (χ2n) is 10.7. The molecular formula is C32H29N3O6. The van der Waals surface area contributed by atoms with Gasteiger partial charge < -0.3 is 28.7 Å². The lowest BCUT2D eigenvalue weighted by molar-refractivity contribution is -0.166. The normalized spacial score (nSPS) is 21.1. The van der Waals surface area contributed by atoms with Crippen LogP contribution < -0.4 is 5.32 Å². The maximum atomic E-state index is 13.7. The van der Waals surface area contributed by atoms with Gasteiger partial charge in [-0.25, -0.2) is 4.79 Å². The molecule has 0 saturated carbocycles. The minimum absolute atomic E-state index is 0.0610. The molecule has 41 heavy (non-hydrogen) atoms. The van der Waals surface area contributed by atoms with Crippen LogP contribution in [0.1, 0.15) is 35.5 Å². The van der Waals surface area contributed by atoms with E-state index in [-0.39, 0.29) is 13.2 Å². The number of aldehydes is 1. The SMILES string of the molecule is C=CC(=O)OCCOC(=O)C1CC2OC1(C)n1c3ccccc3c3c(CNC)c(C=O)c4c5ccccc5n2c4c31. The minimum Gasteiger partial charge on any atom is -0.462 e. The van der Waals surface area contributed by atoms with Crippen LogP contribution >= 0.6 is 0 Å². The summed E-state index contributed by atoms with van der Waals surface area (Å²) in [6.07, 6.45) is 1.93. The first kappa shape index (κ1) is 25.5. The molecule has 7 rings (SSSR count). The molecule has 9 heteroatoms. The van der Waals surface area contributed by atoms with Gasteiger partial charge in [0.15, 0.2) is 12.0 Å². The molecule has 3 unspecified atom stereocenters. The van der Waals surface area contributed by atoms with Gasteiger partial charge in [-0.05, 0) is 31.7 Å². The molecule has 4 heterocycles. The molecule has 5 aromatic rings. The molecule has 1 fully saturated rings. The highest BCUT2D eigenvalue weighted by Gasteiger charge is 2.55. The van der Waals surface area contributed by atoms with E-state index in [4.69, 9.17) is 14.2 Å². The zero-order chi connectivity index (χ0) is 28.5. The number of carbonyl (C=O) groups excluding carboxylic acids is 3. The first-order chi connectivity index (χ1) is 19.9. The minimum atomic E-state index is -1.09. The third-order valence-electron chi connectivity index (χ3n) is 8.59. The Balaban J connectivity index is 1.53. The van der Waals surface area contributed by atoms with Gasteiger partial charge in [-0.3, -0.25) is 9.59 Å². The van der Waals surface area contributed by atoms with E-state index in [0.717, 1.165) is 61.5 Å². The monoisotopic (exact) mass is 551 g/mol. The molecule has 2 aliphatic rings. The number of carbonyl (C=O) groups is 3. The van der Waals surface area contributed by atoms with Crippen LogP contribution in [0, 0.1) is 5.92 Å². The highest BCUT2D eigenvalue weighted by atomic mass is 16.6. The highest BCUT2D eigenvalue weighted by Crippen LogP contribution is 2.55. The summed E-state index contributed by atoms with van der Waals surface area (Å²) in [6.45, 7) is 5.68. The largest absolute Gasteiger partial charge is 0.462 e. The molecule has 208 valence electrons. The Bertz CT molecular complexity index is 1930. The van der Waals surface area contributed by atoms with Gasteiger partial charge in [0.05, 0.1) is 22.1 Å². The van der Waals surface area contributed by atoms with Crippen molar-refractivity contribution in [3.8, 4) is 0 Å². The Morgan fingerprint density at radius 1 is 1.05 bits per heavy atom. The first-order valence-electron chi connectivity index (χ1n) is 13.7. The summed E-state index contributed by atoms with van der Waals surface area (Å²) in [5, 5.41) is 7.06. The van der Waals surface area contributed by atoms with Gasteiger partial charge in [-0.2, -0.15) is 0 Å². The average molecular weight is 552 g/mol. The Hall–Kier alpha value is -4.47. The number of fused-ring (bicyclic) bond motifs is 10. The number of hydrogen-bond acceptors (Lipinski definition) is 7. The first-order valence-corrected chi connectivity index (χ1v) is 13.7. The van der Waals surface area contributed by atoms with Gasteiger partial charge in [-0.1, -0.05) is 43.0 Å². The van der Waals surface area contributed by atoms with Crippen molar-refractivity contribution in [2.45, 2.75) is 31.8 Å².